The fourth-order valence-electron chi connectivity index (χ4n) is 3.04. The lowest BCUT2D eigenvalue weighted by Gasteiger charge is -2.36. The second-order valence-electron chi connectivity index (χ2n) is 6.97. The first-order valence-corrected chi connectivity index (χ1v) is 10.1. The van der Waals surface area contributed by atoms with Crippen molar-refractivity contribution in [1.29, 1.82) is 0 Å². The predicted octanol–water partition coefficient (Wildman–Crippen LogP) is 2.96. The molecule has 0 saturated carbocycles. The summed E-state index contributed by atoms with van der Waals surface area (Å²) in [6.45, 7) is 2.72. The number of aliphatic hydroxyl groups excluding tert-OH is 3. The molecule has 0 unspecified atom stereocenters. The van der Waals surface area contributed by atoms with Crippen LogP contribution in [0.25, 0.3) is 0 Å². The van der Waals surface area contributed by atoms with E-state index in [9.17, 15) is 10.2 Å². The summed E-state index contributed by atoms with van der Waals surface area (Å²) in [7, 11) is 0. The van der Waals surface area contributed by atoms with Crippen LogP contribution in [0.3, 0.4) is 0 Å². The van der Waals surface area contributed by atoms with Crippen molar-refractivity contribution in [2.45, 2.75) is 95.5 Å². The van der Waals surface area contributed by atoms with Gasteiger partial charge in [0.05, 0.1) is 13.2 Å². The Hall–Kier alpha value is -0.460. The second-order valence-corrected chi connectivity index (χ2v) is 6.97. The zero-order valence-electron chi connectivity index (χ0n) is 15.8. The van der Waals surface area contributed by atoms with E-state index in [0.29, 0.717) is 6.61 Å². The van der Waals surface area contributed by atoms with Crippen molar-refractivity contribution in [3.05, 3.63) is 12.2 Å². The highest BCUT2D eigenvalue weighted by Crippen LogP contribution is 2.18. The molecule has 1 aliphatic heterocycles. The molecule has 1 rings (SSSR count). The van der Waals surface area contributed by atoms with Gasteiger partial charge in [0.2, 0.25) is 0 Å². The molecule has 0 aromatic rings. The Morgan fingerprint density at radius 2 is 1.56 bits per heavy atom. The molecule has 5 heteroatoms. The largest absolute Gasteiger partial charge is 0.394 e. The maximum absolute atomic E-state index is 9.96. The van der Waals surface area contributed by atoms with Crippen LogP contribution >= 0.6 is 0 Å². The number of allylic oxidation sites excluding steroid dienone is 2. The molecule has 1 aliphatic rings. The molecule has 0 aliphatic carbocycles. The molecule has 0 aromatic carbocycles. The normalized spacial score (nSPS) is 27.2. The van der Waals surface area contributed by atoms with Gasteiger partial charge in [0.15, 0.2) is 0 Å². The van der Waals surface area contributed by atoms with E-state index in [-0.39, 0.29) is 13.2 Å². The fourth-order valence-corrected chi connectivity index (χ4v) is 3.04. The molecule has 4 atom stereocenters. The number of hydrogen-bond acceptors (Lipinski definition) is 5. The monoisotopic (exact) mass is 358 g/mol. The van der Waals surface area contributed by atoms with Gasteiger partial charge in [-0.25, -0.2) is 0 Å². The average molecular weight is 359 g/mol. The lowest BCUT2D eigenvalue weighted by Crippen LogP contribution is -2.55. The summed E-state index contributed by atoms with van der Waals surface area (Å²) in [5.41, 5.74) is 0. The quantitative estimate of drug-likeness (QED) is 0.329. The van der Waals surface area contributed by atoms with Gasteiger partial charge >= 0.3 is 0 Å². The summed E-state index contributed by atoms with van der Waals surface area (Å²) in [5, 5.41) is 28.8. The van der Waals surface area contributed by atoms with Crippen molar-refractivity contribution in [2.75, 3.05) is 19.8 Å². The third kappa shape index (κ3) is 9.71. The van der Waals surface area contributed by atoms with E-state index in [2.05, 4.69) is 19.1 Å². The summed E-state index contributed by atoms with van der Waals surface area (Å²) in [6, 6.07) is 0. The van der Waals surface area contributed by atoms with Crippen LogP contribution in [0, 0.1) is 0 Å². The van der Waals surface area contributed by atoms with Crippen molar-refractivity contribution in [2.24, 2.45) is 0 Å². The van der Waals surface area contributed by atoms with Gasteiger partial charge in [-0.2, -0.15) is 0 Å². The van der Waals surface area contributed by atoms with Crippen molar-refractivity contribution >= 4 is 0 Å². The summed E-state index contributed by atoms with van der Waals surface area (Å²) in [4.78, 5) is 0. The molecule has 5 nitrogen and oxygen atoms in total. The van der Waals surface area contributed by atoms with Gasteiger partial charge in [-0.3, -0.25) is 0 Å². The summed E-state index contributed by atoms with van der Waals surface area (Å²) in [6.07, 6.45) is 13.4. The molecular weight excluding hydrogens is 320 g/mol. The minimum Gasteiger partial charge on any atom is -0.394 e. The first kappa shape index (κ1) is 22.6. The van der Waals surface area contributed by atoms with Gasteiger partial charge < -0.3 is 24.8 Å². The van der Waals surface area contributed by atoms with Gasteiger partial charge in [0, 0.05) is 6.61 Å². The first-order valence-electron chi connectivity index (χ1n) is 10.1. The van der Waals surface area contributed by atoms with Crippen molar-refractivity contribution in [3.63, 3.8) is 0 Å². The summed E-state index contributed by atoms with van der Waals surface area (Å²) in [5.74, 6) is 0. The van der Waals surface area contributed by atoms with Crippen LogP contribution in [0.15, 0.2) is 12.2 Å². The van der Waals surface area contributed by atoms with E-state index in [1.54, 1.807) is 0 Å². The lowest BCUT2D eigenvalue weighted by atomic mass is 10.0. The molecule has 0 radical (unpaired) electrons. The smallest absolute Gasteiger partial charge is 0.111 e. The van der Waals surface area contributed by atoms with Crippen molar-refractivity contribution in [1.82, 2.24) is 0 Å². The Morgan fingerprint density at radius 3 is 2.20 bits per heavy atom. The summed E-state index contributed by atoms with van der Waals surface area (Å²) >= 11 is 0. The molecule has 0 aromatic heterocycles. The molecular formula is C20H38O5. The molecule has 3 N–H and O–H groups in total. The third-order valence-corrected chi connectivity index (χ3v) is 4.75. The Balaban J connectivity index is 1.93. The highest BCUT2D eigenvalue weighted by atomic mass is 16.6. The molecule has 0 bridgehead atoms. The van der Waals surface area contributed by atoms with E-state index in [1.165, 1.54) is 44.9 Å². The highest BCUT2D eigenvalue weighted by Gasteiger charge is 2.38. The molecule has 0 amide bonds. The molecule has 1 saturated heterocycles. The minimum absolute atomic E-state index is 0.215. The Labute approximate surface area is 153 Å². The molecule has 148 valence electrons. The van der Waals surface area contributed by atoms with E-state index in [1.807, 2.05) is 0 Å². The number of rotatable bonds is 14. The van der Waals surface area contributed by atoms with Gasteiger partial charge in [-0.15, -0.1) is 0 Å². The fraction of sp³-hybridized carbons (Fsp3) is 0.900. The molecule has 0 spiro atoms. The molecule has 1 fully saturated rings. The zero-order chi connectivity index (χ0) is 18.3. The van der Waals surface area contributed by atoms with E-state index < -0.39 is 24.4 Å². The summed E-state index contributed by atoms with van der Waals surface area (Å²) < 4.78 is 10.9. The van der Waals surface area contributed by atoms with Gasteiger partial charge in [-0.05, 0) is 32.1 Å². The Morgan fingerprint density at radius 1 is 0.920 bits per heavy atom. The van der Waals surface area contributed by atoms with Crippen LogP contribution in [0.4, 0.5) is 0 Å². The van der Waals surface area contributed by atoms with Crippen molar-refractivity contribution < 1.29 is 24.8 Å². The third-order valence-electron chi connectivity index (χ3n) is 4.75. The maximum Gasteiger partial charge on any atom is 0.111 e. The molecule has 25 heavy (non-hydrogen) atoms. The highest BCUT2D eigenvalue weighted by molar-refractivity contribution is 4.87. The number of ether oxygens (including phenoxy) is 2. The average Bonchev–Trinajstić information content (AvgIpc) is 2.62. The maximum atomic E-state index is 9.96. The first-order chi connectivity index (χ1) is 12.2. The van der Waals surface area contributed by atoms with Crippen LogP contribution in [0.5, 0.6) is 0 Å². The number of hydrogen-bond donors (Lipinski definition) is 3. The van der Waals surface area contributed by atoms with Crippen LogP contribution in [-0.2, 0) is 9.47 Å². The van der Waals surface area contributed by atoms with E-state index in [0.717, 1.165) is 19.3 Å². The SMILES string of the molecule is CCCCCC/C=C/CCCCCCO[C@@H]1CO[C@@H](CO)[C@H](O)[C@H]1O. The van der Waals surface area contributed by atoms with Crippen LogP contribution in [-0.4, -0.2) is 59.6 Å². The topological polar surface area (TPSA) is 79.2 Å². The van der Waals surface area contributed by atoms with Crippen LogP contribution in [0.2, 0.25) is 0 Å². The number of unbranched alkanes of at least 4 members (excludes halogenated alkanes) is 8. The predicted molar refractivity (Wildman–Crippen MR) is 99.6 cm³/mol. The van der Waals surface area contributed by atoms with Gasteiger partial charge in [0.1, 0.15) is 24.4 Å². The van der Waals surface area contributed by atoms with E-state index >= 15 is 0 Å². The minimum atomic E-state index is -1.09. The van der Waals surface area contributed by atoms with Crippen molar-refractivity contribution in [3.8, 4) is 0 Å². The van der Waals surface area contributed by atoms with Crippen LogP contribution < -0.4 is 0 Å². The standard InChI is InChI=1S/C20H38O5/c1-2-3-4-5-6-7-8-9-10-11-12-13-14-24-18-16-25-17(15-21)19(22)20(18)23/h7-8,17-23H,2-6,9-16H2,1H3/b8-7+/t17-,18+,19-,20-/m0/s1. The Bertz CT molecular complexity index is 334. The van der Waals surface area contributed by atoms with Gasteiger partial charge in [0.25, 0.3) is 0 Å². The lowest BCUT2D eigenvalue weighted by molar-refractivity contribution is -0.208. The Kier molecular flexibility index (Phi) is 13.3. The van der Waals surface area contributed by atoms with Gasteiger partial charge in [-0.1, -0.05) is 51.2 Å². The van der Waals surface area contributed by atoms with Crippen LogP contribution in [0.1, 0.15) is 71.1 Å². The number of aliphatic hydroxyl groups is 3. The van der Waals surface area contributed by atoms with E-state index in [4.69, 9.17) is 14.6 Å². The second kappa shape index (κ2) is 14.7. The zero-order valence-corrected chi connectivity index (χ0v) is 15.8. The molecule has 1 heterocycles.